The van der Waals surface area contributed by atoms with Crippen molar-refractivity contribution in [2.75, 3.05) is 18.0 Å². The zero-order valence-corrected chi connectivity index (χ0v) is 12.1. The summed E-state index contributed by atoms with van der Waals surface area (Å²) in [7, 11) is 0. The van der Waals surface area contributed by atoms with E-state index < -0.39 is 17.7 Å². The van der Waals surface area contributed by atoms with Gasteiger partial charge in [-0.25, -0.2) is 4.39 Å². The summed E-state index contributed by atoms with van der Waals surface area (Å²) in [6, 6.07) is 4.71. The number of nitrogens with zero attached hydrogens (tertiary/aromatic N) is 3. The summed E-state index contributed by atoms with van der Waals surface area (Å²) in [4.78, 5) is 17.0. The number of carbonyl (C=O) groups is 1. The van der Waals surface area contributed by atoms with Gasteiger partial charge in [-0.05, 0) is 31.0 Å². The number of aromatic nitrogens is 2. The molecule has 1 aromatic carbocycles. The molecule has 0 spiro atoms. The maximum Gasteiger partial charge on any atom is 0.308 e. The molecule has 1 aliphatic rings. The summed E-state index contributed by atoms with van der Waals surface area (Å²) in [6.07, 6.45) is 1.37. The molecule has 1 aromatic heterocycles. The number of hydrogen-bond acceptors (Lipinski definition) is 5. The van der Waals surface area contributed by atoms with Gasteiger partial charge in [-0.15, -0.1) is 0 Å². The van der Waals surface area contributed by atoms with Gasteiger partial charge in [0, 0.05) is 25.6 Å². The van der Waals surface area contributed by atoms with Crippen molar-refractivity contribution in [3.8, 4) is 11.4 Å². The molecule has 0 radical (unpaired) electrons. The first-order chi connectivity index (χ1) is 10.5. The number of carboxylic acids is 1. The Hall–Kier alpha value is -2.44. The molecule has 2 heterocycles. The van der Waals surface area contributed by atoms with Crippen LogP contribution in [0, 0.1) is 18.7 Å². The van der Waals surface area contributed by atoms with E-state index in [1.165, 1.54) is 6.07 Å². The topological polar surface area (TPSA) is 79.5 Å². The van der Waals surface area contributed by atoms with Crippen LogP contribution in [0.4, 0.5) is 10.1 Å². The van der Waals surface area contributed by atoms with E-state index in [1.807, 2.05) is 0 Å². The number of aryl methyl sites for hydroxylation is 1. The van der Waals surface area contributed by atoms with Gasteiger partial charge in [-0.3, -0.25) is 4.79 Å². The first-order valence-corrected chi connectivity index (χ1v) is 7.12. The number of halogens is 1. The molecule has 0 amide bonds. The molecule has 3 rings (SSSR count). The van der Waals surface area contributed by atoms with Gasteiger partial charge in [-0.1, -0.05) is 5.16 Å². The number of benzene rings is 1. The summed E-state index contributed by atoms with van der Waals surface area (Å²) in [5.41, 5.74) is 0.944. The standard InChI is InChI=1S/C15H16FN3O3/c1-9-17-14(18-22-9)10-4-5-13(12(16)7-10)19-6-2-3-11(8-19)15(20)21/h4-5,7,11H,2-3,6,8H2,1H3,(H,20,21). The van der Waals surface area contributed by atoms with E-state index in [4.69, 9.17) is 9.63 Å². The highest BCUT2D eigenvalue weighted by Gasteiger charge is 2.27. The summed E-state index contributed by atoms with van der Waals surface area (Å²) in [6.45, 7) is 2.65. The Morgan fingerprint density at radius 2 is 2.32 bits per heavy atom. The maximum atomic E-state index is 14.4. The Kier molecular flexibility index (Phi) is 3.79. The van der Waals surface area contributed by atoms with Crippen molar-refractivity contribution in [1.82, 2.24) is 10.1 Å². The number of piperidine rings is 1. The van der Waals surface area contributed by atoms with Crippen LogP contribution in [-0.4, -0.2) is 34.3 Å². The fourth-order valence-corrected chi connectivity index (χ4v) is 2.72. The van der Waals surface area contributed by atoms with Gasteiger partial charge < -0.3 is 14.5 Å². The number of anilines is 1. The van der Waals surface area contributed by atoms with E-state index in [0.29, 0.717) is 42.5 Å². The highest BCUT2D eigenvalue weighted by atomic mass is 19.1. The van der Waals surface area contributed by atoms with E-state index in [2.05, 4.69) is 10.1 Å². The van der Waals surface area contributed by atoms with E-state index in [9.17, 15) is 9.18 Å². The van der Waals surface area contributed by atoms with Crippen molar-refractivity contribution in [2.24, 2.45) is 5.92 Å². The fraction of sp³-hybridized carbons (Fsp3) is 0.400. The third kappa shape index (κ3) is 2.79. The maximum absolute atomic E-state index is 14.4. The molecule has 1 aliphatic heterocycles. The molecular formula is C15H16FN3O3. The molecule has 0 aliphatic carbocycles. The molecule has 1 unspecified atom stereocenters. The average Bonchev–Trinajstić information content (AvgIpc) is 2.94. The Bertz CT molecular complexity index is 701. The quantitative estimate of drug-likeness (QED) is 0.938. The minimum Gasteiger partial charge on any atom is -0.481 e. The van der Waals surface area contributed by atoms with E-state index in [1.54, 1.807) is 24.0 Å². The molecule has 7 heteroatoms. The van der Waals surface area contributed by atoms with Crippen molar-refractivity contribution >= 4 is 11.7 Å². The monoisotopic (exact) mass is 305 g/mol. The second kappa shape index (κ2) is 5.75. The van der Waals surface area contributed by atoms with Crippen LogP contribution >= 0.6 is 0 Å². The van der Waals surface area contributed by atoms with Gasteiger partial charge in [0.2, 0.25) is 11.7 Å². The van der Waals surface area contributed by atoms with Crippen molar-refractivity contribution in [3.05, 3.63) is 29.9 Å². The molecule has 1 N–H and O–H groups in total. The van der Waals surface area contributed by atoms with Crippen LogP contribution in [0.5, 0.6) is 0 Å². The smallest absolute Gasteiger partial charge is 0.308 e. The van der Waals surface area contributed by atoms with Gasteiger partial charge in [0.15, 0.2) is 0 Å². The Morgan fingerprint density at radius 3 is 2.95 bits per heavy atom. The van der Waals surface area contributed by atoms with Gasteiger partial charge in [0.25, 0.3) is 0 Å². The number of hydrogen-bond donors (Lipinski definition) is 1. The van der Waals surface area contributed by atoms with Crippen LogP contribution in [0.1, 0.15) is 18.7 Å². The molecule has 1 fully saturated rings. The van der Waals surface area contributed by atoms with Gasteiger partial charge in [0.1, 0.15) is 5.82 Å². The SMILES string of the molecule is Cc1nc(-c2ccc(N3CCCC(C(=O)O)C3)c(F)c2)no1. The number of carboxylic acid groups (broad SMARTS) is 1. The Morgan fingerprint density at radius 1 is 1.50 bits per heavy atom. The van der Waals surface area contributed by atoms with Crippen LogP contribution in [-0.2, 0) is 4.79 Å². The normalized spacial score (nSPS) is 18.5. The zero-order chi connectivity index (χ0) is 15.7. The van der Waals surface area contributed by atoms with Crippen molar-refractivity contribution in [1.29, 1.82) is 0 Å². The predicted octanol–water partition coefficient (Wildman–Crippen LogP) is 2.49. The lowest BCUT2D eigenvalue weighted by Gasteiger charge is -2.32. The highest BCUT2D eigenvalue weighted by molar-refractivity contribution is 5.71. The molecular weight excluding hydrogens is 289 g/mol. The summed E-state index contributed by atoms with van der Waals surface area (Å²) < 4.78 is 19.3. The first kappa shape index (κ1) is 14.5. The molecule has 1 atom stereocenters. The van der Waals surface area contributed by atoms with Crippen LogP contribution in [0.3, 0.4) is 0 Å². The van der Waals surface area contributed by atoms with Gasteiger partial charge in [0.05, 0.1) is 11.6 Å². The largest absolute Gasteiger partial charge is 0.481 e. The average molecular weight is 305 g/mol. The minimum atomic E-state index is -0.830. The number of rotatable bonds is 3. The lowest BCUT2D eigenvalue weighted by Crippen LogP contribution is -2.39. The molecule has 0 saturated carbocycles. The lowest BCUT2D eigenvalue weighted by molar-refractivity contribution is -0.141. The first-order valence-electron chi connectivity index (χ1n) is 7.12. The molecule has 1 saturated heterocycles. The van der Waals surface area contributed by atoms with Crippen LogP contribution in [0.15, 0.2) is 22.7 Å². The number of aliphatic carboxylic acids is 1. The zero-order valence-electron chi connectivity index (χ0n) is 12.1. The van der Waals surface area contributed by atoms with Gasteiger partial charge >= 0.3 is 5.97 Å². The van der Waals surface area contributed by atoms with E-state index in [0.717, 1.165) is 6.42 Å². The minimum absolute atomic E-state index is 0.326. The molecule has 0 bridgehead atoms. The van der Waals surface area contributed by atoms with Gasteiger partial charge in [-0.2, -0.15) is 4.98 Å². The van der Waals surface area contributed by atoms with Crippen molar-refractivity contribution < 1.29 is 18.8 Å². The lowest BCUT2D eigenvalue weighted by atomic mass is 9.97. The van der Waals surface area contributed by atoms with E-state index >= 15 is 0 Å². The third-order valence-corrected chi connectivity index (χ3v) is 3.84. The van der Waals surface area contributed by atoms with Crippen LogP contribution < -0.4 is 4.90 Å². The second-order valence-corrected chi connectivity index (χ2v) is 5.43. The van der Waals surface area contributed by atoms with Crippen LogP contribution in [0.25, 0.3) is 11.4 Å². The van der Waals surface area contributed by atoms with Crippen molar-refractivity contribution in [2.45, 2.75) is 19.8 Å². The molecule has 2 aromatic rings. The summed E-state index contributed by atoms with van der Waals surface area (Å²) in [5, 5.41) is 12.9. The Labute approximate surface area is 126 Å². The molecule has 116 valence electrons. The third-order valence-electron chi connectivity index (χ3n) is 3.84. The Balaban J connectivity index is 1.84. The fourth-order valence-electron chi connectivity index (χ4n) is 2.72. The highest BCUT2D eigenvalue weighted by Crippen LogP contribution is 2.28. The summed E-state index contributed by atoms with van der Waals surface area (Å²) in [5.74, 6) is -0.938. The van der Waals surface area contributed by atoms with Crippen molar-refractivity contribution in [3.63, 3.8) is 0 Å². The molecule has 22 heavy (non-hydrogen) atoms. The second-order valence-electron chi connectivity index (χ2n) is 5.43. The van der Waals surface area contributed by atoms with E-state index in [-0.39, 0.29) is 0 Å². The summed E-state index contributed by atoms with van der Waals surface area (Å²) >= 11 is 0. The van der Waals surface area contributed by atoms with Crippen LogP contribution in [0.2, 0.25) is 0 Å². The predicted molar refractivity (Wildman–Crippen MR) is 77.0 cm³/mol. The molecule has 6 nitrogen and oxygen atoms in total.